The predicted octanol–water partition coefficient (Wildman–Crippen LogP) is 5.14. The van der Waals surface area contributed by atoms with E-state index in [2.05, 4.69) is 15.9 Å². The van der Waals surface area contributed by atoms with Crippen molar-refractivity contribution in [3.8, 4) is 0 Å². The first kappa shape index (κ1) is 14.8. The van der Waals surface area contributed by atoms with Gasteiger partial charge < -0.3 is 5.73 Å². The summed E-state index contributed by atoms with van der Waals surface area (Å²) in [6.07, 6.45) is 0.463. The van der Waals surface area contributed by atoms with Crippen molar-refractivity contribution in [3.05, 3.63) is 67.9 Å². The van der Waals surface area contributed by atoms with E-state index in [4.69, 9.17) is 28.9 Å². The van der Waals surface area contributed by atoms with E-state index in [-0.39, 0.29) is 0 Å². The van der Waals surface area contributed by atoms with Crippen LogP contribution < -0.4 is 5.73 Å². The van der Waals surface area contributed by atoms with Gasteiger partial charge in [0.05, 0.1) is 0 Å². The fourth-order valence-corrected chi connectivity index (χ4v) is 2.75. The van der Waals surface area contributed by atoms with E-state index in [1.54, 1.807) is 18.2 Å². The van der Waals surface area contributed by atoms with Crippen LogP contribution in [0.3, 0.4) is 0 Å². The van der Waals surface area contributed by atoms with E-state index >= 15 is 0 Å². The maximum absolute atomic E-state index is 13.8. The number of hydrogen-bond acceptors (Lipinski definition) is 1. The van der Waals surface area contributed by atoms with Gasteiger partial charge in [-0.25, -0.2) is 4.39 Å². The van der Waals surface area contributed by atoms with Crippen molar-refractivity contribution in [1.29, 1.82) is 0 Å². The lowest BCUT2D eigenvalue weighted by Gasteiger charge is -2.14. The molecule has 0 fully saturated rings. The third-order valence-electron chi connectivity index (χ3n) is 2.82. The molecule has 0 aliphatic carbocycles. The third-order valence-corrected chi connectivity index (χ3v) is 3.90. The highest BCUT2D eigenvalue weighted by molar-refractivity contribution is 9.10. The van der Waals surface area contributed by atoms with E-state index in [0.717, 1.165) is 10.0 Å². The summed E-state index contributed by atoms with van der Waals surface area (Å²) >= 11 is 15.2. The van der Waals surface area contributed by atoms with E-state index in [9.17, 15) is 4.39 Å². The molecule has 0 spiro atoms. The van der Waals surface area contributed by atoms with Gasteiger partial charge in [-0.1, -0.05) is 51.3 Å². The molecule has 0 aliphatic heterocycles. The Labute approximate surface area is 129 Å². The van der Waals surface area contributed by atoms with Gasteiger partial charge in [0, 0.05) is 26.1 Å². The highest BCUT2D eigenvalue weighted by Crippen LogP contribution is 2.27. The minimum Gasteiger partial charge on any atom is -0.324 e. The molecule has 0 heterocycles. The first-order chi connectivity index (χ1) is 8.97. The third kappa shape index (κ3) is 3.69. The predicted molar refractivity (Wildman–Crippen MR) is 81.2 cm³/mol. The zero-order valence-corrected chi connectivity index (χ0v) is 12.9. The molecule has 2 N–H and O–H groups in total. The molecule has 0 bridgehead atoms. The molecule has 0 aromatic heterocycles. The van der Waals surface area contributed by atoms with Gasteiger partial charge in [-0.15, -0.1) is 0 Å². The Morgan fingerprint density at radius 3 is 2.53 bits per heavy atom. The number of rotatable bonds is 3. The Kier molecular flexibility index (Phi) is 4.85. The summed E-state index contributed by atoms with van der Waals surface area (Å²) in [4.78, 5) is 0. The molecular weight excluding hydrogens is 352 g/mol. The molecule has 2 rings (SSSR count). The van der Waals surface area contributed by atoms with Crippen molar-refractivity contribution >= 4 is 39.1 Å². The molecule has 0 aliphatic rings. The average molecular weight is 363 g/mol. The molecule has 1 atom stereocenters. The Morgan fingerprint density at radius 1 is 1.16 bits per heavy atom. The maximum Gasteiger partial charge on any atom is 0.129 e. The van der Waals surface area contributed by atoms with E-state index in [0.29, 0.717) is 22.0 Å². The van der Waals surface area contributed by atoms with E-state index < -0.39 is 11.9 Å². The zero-order valence-electron chi connectivity index (χ0n) is 9.84. The van der Waals surface area contributed by atoms with Crippen molar-refractivity contribution in [2.75, 3.05) is 0 Å². The standard InChI is InChI=1S/C14H11BrCl2FN/c15-9-2-1-8(12(17)6-9)5-14(19)11-4-3-10(16)7-13(11)18/h1-4,6-7,14H,5,19H2. The van der Waals surface area contributed by atoms with Gasteiger partial charge in [-0.05, 0) is 36.2 Å². The van der Waals surface area contributed by atoms with Crippen molar-refractivity contribution in [2.24, 2.45) is 5.73 Å². The minimum atomic E-state index is -0.462. The lowest BCUT2D eigenvalue weighted by Crippen LogP contribution is -2.15. The molecule has 19 heavy (non-hydrogen) atoms. The van der Waals surface area contributed by atoms with Crippen LogP contribution in [-0.2, 0) is 6.42 Å². The summed E-state index contributed by atoms with van der Waals surface area (Å²) < 4.78 is 14.7. The van der Waals surface area contributed by atoms with E-state index in [1.165, 1.54) is 6.07 Å². The number of benzene rings is 2. The normalized spacial score (nSPS) is 12.5. The first-order valence-electron chi connectivity index (χ1n) is 5.62. The highest BCUT2D eigenvalue weighted by Gasteiger charge is 2.14. The van der Waals surface area contributed by atoms with Crippen LogP contribution in [0.25, 0.3) is 0 Å². The second-order valence-electron chi connectivity index (χ2n) is 4.21. The second kappa shape index (κ2) is 6.23. The first-order valence-corrected chi connectivity index (χ1v) is 7.16. The van der Waals surface area contributed by atoms with Gasteiger partial charge >= 0.3 is 0 Å². The van der Waals surface area contributed by atoms with Crippen molar-refractivity contribution < 1.29 is 4.39 Å². The Morgan fingerprint density at radius 2 is 1.89 bits per heavy atom. The molecular formula is C14H11BrCl2FN. The summed E-state index contributed by atoms with van der Waals surface area (Å²) in [7, 11) is 0. The zero-order chi connectivity index (χ0) is 14.0. The second-order valence-corrected chi connectivity index (χ2v) is 5.97. The van der Waals surface area contributed by atoms with Crippen LogP contribution in [0, 0.1) is 5.82 Å². The molecule has 0 amide bonds. The summed E-state index contributed by atoms with van der Waals surface area (Å²) in [5.41, 5.74) is 7.35. The summed E-state index contributed by atoms with van der Waals surface area (Å²) in [6.45, 7) is 0. The molecule has 100 valence electrons. The average Bonchev–Trinajstić information content (AvgIpc) is 2.32. The summed E-state index contributed by atoms with van der Waals surface area (Å²) in [5, 5.41) is 0.967. The van der Waals surface area contributed by atoms with Crippen molar-refractivity contribution in [3.63, 3.8) is 0 Å². The topological polar surface area (TPSA) is 26.0 Å². The maximum atomic E-state index is 13.8. The lowest BCUT2D eigenvalue weighted by molar-refractivity contribution is 0.580. The highest BCUT2D eigenvalue weighted by atomic mass is 79.9. The molecule has 2 aromatic carbocycles. The molecule has 0 saturated heterocycles. The van der Waals surface area contributed by atoms with Gasteiger partial charge in [-0.2, -0.15) is 0 Å². The molecule has 1 unspecified atom stereocenters. The van der Waals surface area contributed by atoms with Crippen LogP contribution in [0.5, 0.6) is 0 Å². The fraction of sp³-hybridized carbons (Fsp3) is 0.143. The monoisotopic (exact) mass is 361 g/mol. The summed E-state index contributed by atoms with van der Waals surface area (Å²) in [5.74, 6) is -0.395. The quantitative estimate of drug-likeness (QED) is 0.803. The minimum absolute atomic E-state index is 0.357. The van der Waals surface area contributed by atoms with Crippen molar-refractivity contribution in [1.82, 2.24) is 0 Å². The van der Waals surface area contributed by atoms with Crippen LogP contribution in [0.4, 0.5) is 4.39 Å². The Balaban J connectivity index is 2.23. The SMILES string of the molecule is NC(Cc1ccc(Br)cc1Cl)c1ccc(Cl)cc1F. The summed E-state index contributed by atoms with van der Waals surface area (Å²) in [6, 6.07) is 9.59. The molecule has 1 nitrogen and oxygen atoms in total. The number of hydrogen-bond donors (Lipinski definition) is 1. The van der Waals surface area contributed by atoms with E-state index in [1.807, 2.05) is 12.1 Å². The smallest absolute Gasteiger partial charge is 0.129 e. The Bertz CT molecular complexity index is 604. The Hall–Kier alpha value is -0.610. The van der Waals surface area contributed by atoms with Gasteiger partial charge in [0.15, 0.2) is 0 Å². The van der Waals surface area contributed by atoms with Crippen LogP contribution in [0.2, 0.25) is 10.0 Å². The molecule has 0 radical (unpaired) electrons. The van der Waals surface area contributed by atoms with Crippen molar-refractivity contribution in [2.45, 2.75) is 12.5 Å². The van der Waals surface area contributed by atoms with Crippen LogP contribution in [0.1, 0.15) is 17.2 Å². The largest absolute Gasteiger partial charge is 0.324 e. The molecule has 0 saturated carbocycles. The fourth-order valence-electron chi connectivity index (χ4n) is 1.84. The van der Waals surface area contributed by atoms with Crippen LogP contribution >= 0.6 is 39.1 Å². The lowest BCUT2D eigenvalue weighted by atomic mass is 9.99. The van der Waals surface area contributed by atoms with Gasteiger partial charge in [0.1, 0.15) is 5.82 Å². The van der Waals surface area contributed by atoms with Gasteiger partial charge in [-0.3, -0.25) is 0 Å². The number of nitrogens with two attached hydrogens (primary N) is 1. The van der Waals surface area contributed by atoms with Gasteiger partial charge in [0.25, 0.3) is 0 Å². The molecule has 5 heteroatoms. The van der Waals surface area contributed by atoms with Gasteiger partial charge in [0.2, 0.25) is 0 Å². The number of halogens is 4. The van der Waals surface area contributed by atoms with Crippen LogP contribution in [0.15, 0.2) is 40.9 Å². The van der Waals surface area contributed by atoms with Crippen LogP contribution in [-0.4, -0.2) is 0 Å². The molecule has 2 aromatic rings.